The predicted octanol–water partition coefficient (Wildman–Crippen LogP) is 1.66. The molecule has 34 heavy (non-hydrogen) atoms. The van der Waals surface area contributed by atoms with Gasteiger partial charge in [-0.1, -0.05) is 0 Å². The van der Waals surface area contributed by atoms with Crippen molar-refractivity contribution < 1.29 is 22.6 Å². The summed E-state index contributed by atoms with van der Waals surface area (Å²) < 4.78 is 43.2. The molecule has 0 bridgehead atoms. The highest BCUT2D eigenvalue weighted by Crippen LogP contribution is 2.32. The second-order valence-corrected chi connectivity index (χ2v) is 9.29. The molecule has 1 aromatic carbocycles. The van der Waals surface area contributed by atoms with E-state index in [4.69, 9.17) is 14.2 Å². The number of nitriles is 1. The van der Waals surface area contributed by atoms with Gasteiger partial charge in [-0.3, -0.25) is 0 Å². The van der Waals surface area contributed by atoms with Crippen molar-refractivity contribution in [3.05, 3.63) is 30.0 Å². The molecule has 1 fully saturated rings. The monoisotopic (exact) mass is 487 g/mol. The molecule has 2 aromatic heterocycles. The number of anilines is 3. The van der Waals surface area contributed by atoms with Crippen LogP contribution in [0.2, 0.25) is 0 Å². The van der Waals surface area contributed by atoms with Crippen molar-refractivity contribution in [3.8, 4) is 11.8 Å². The zero-order valence-corrected chi connectivity index (χ0v) is 19.6. The number of aromatic amines is 1. The quantitative estimate of drug-likeness (QED) is 0.380. The number of hydrogen-bond donors (Lipinski definition) is 3. The molecule has 0 aliphatic carbocycles. The van der Waals surface area contributed by atoms with Crippen LogP contribution in [0.4, 0.5) is 17.5 Å². The standard InChI is InChI=1S/C21H25N7O5S/c1-31-8-5-23-19-18-14(12-22)13-24-20(18)27-21(26-19)25-16-4-3-15(11-17(16)32-2)34(29,30)28-6-9-33-10-7-28/h3-4,11,13H,5-10H2,1-2H3,(H3,23,24,25,26,27). The SMILES string of the molecule is COCCNc1nc(Nc2ccc(S(=O)(=O)N3CCOCC3)cc2OC)nc2[nH]cc(C#N)c12. The van der Waals surface area contributed by atoms with Gasteiger partial charge in [-0.15, -0.1) is 0 Å². The summed E-state index contributed by atoms with van der Waals surface area (Å²) in [5.41, 5.74) is 1.37. The summed E-state index contributed by atoms with van der Waals surface area (Å²) in [7, 11) is -0.626. The molecule has 0 unspecified atom stereocenters. The fourth-order valence-corrected chi connectivity index (χ4v) is 4.99. The minimum atomic E-state index is -3.68. The molecule has 13 heteroatoms. The van der Waals surface area contributed by atoms with Crippen LogP contribution in [-0.4, -0.2) is 81.3 Å². The molecular weight excluding hydrogens is 462 g/mol. The Morgan fingerprint density at radius 1 is 1.26 bits per heavy atom. The Kier molecular flexibility index (Phi) is 7.13. The Bertz CT molecular complexity index is 1310. The van der Waals surface area contributed by atoms with E-state index in [2.05, 4.69) is 31.7 Å². The first-order valence-electron chi connectivity index (χ1n) is 10.5. The molecule has 1 saturated heterocycles. The van der Waals surface area contributed by atoms with E-state index in [0.717, 1.165) is 0 Å². The van der Waals surface area contributed by atoms with Crippen LogP contribution >= 0.6 is 0 Å². The van der Waals surface area contributed by atoms with Gasteiger partial charge in [0.1, 0.15) is 23.3 Å². The van der Waals surface area contributed by atoms with Crippen molar-refractivity contribution in [2.75, 3.05) is 64.3 Å². The van der Waals surface area contributed by atoms with Gasteiger partial charge in [0.15, 0.2) is 0 Å². The van der Waals surface area contributed by atoms with Gasteiger partial charge in [0, 0.05) is 39.0 Å². The topological polar surface area (TPSA) is 154 Å². The number of hydrogen-bond acceptors (Lipinski definition) is 10. The number of benzene rings is 1. The molecule has 0 atom stereocenters. The van der Waals surface area contributed by atoms with Crippen molar-refractivity contribution in [1.82, 2.24) is 19.3 Å². The van der Waals surface area contributed by atoms with Gasteiger partial charge in [0.25, 0.3) is 0 Å². The van der Waals surface area contributed by atoms with Gasteiger partial charge in [-0.25, -0.2) is 8.42 Å². The van der Waals surface area contributed by atoms with E-state index in [0.29, 0.717) is 73.3 Å². The second-order valence-electron chi connectivity index (χ2n) is 7.36. The Morgan fingerprint density at radius 2 is 2.06 bits per heavy atom. The number of ether oxygens (including phenoxy) is 3. The average Bonchev–Trinajstić information content (AvgIpc) is 3.28. The highest BCUT2D eigenvalue weighted by molar-refractivity contribution is 7.89. The molecule has 0 spiro atoms. The van der Waals surface area contributed by atoms with Gasteiger partial charge in [0.05, 0.1) is 48.5 Å². The van der Waals surface area contributed by atoms with Crippen molar-refractivity contribution in [1.29, 1.82) is 5.26 Å². The highest BCUT2D eigenvalue weighted by atomic mass is 32.2. The molecule has 3 aromatic rings. The molecule has 3 N–H and O–H groups in total. The van der Waals surface area contributed by atoms with Crippen molar-refractivity contribution in [2.24, 2.45) is 0 Å². The average molecular weight is 488 g/mol. The van der Waals surface area contributed by atoms with Crippen LogP contribution in [-0.2, 0) is 19.5 Å². The molecule has 0 saturated carbocycles. The third kappa shape index (κ3) is 4.75. The van der Waals surface area contributed by atoms with E-state index in [-0.39, 0.29) is 10.8 Å². The van der Waals surface area contributed by atoms with Crippen molar-refractivity contribution in [2.45, 2.75) is 4.90 Å². The van der Waals surface area contributed by atoms with Gasteiger partial charge in [-0.05, 0) is 12.1 Å². The summed E-state index contributed by atoms with van der Waals surface area (Å²) in [6, 6.07) is 6.70. The van der Waals surface area contributed by atoms with Crippen LogP contribution in [0.15, 0.2) is 29.3 Å². The number of morpholine rings is 1. The lowest BCUT2D eigenvalue weighted by molar-refractivity contribution is 0.0730. The molecule has 12 nitrogen and oxygen atoms in total. The predicted molar refractivity (Wildman–Crippen MR) is 125 cm³/mol. The summed E-state index contributed by atoms with van der Waals surface area (Å²) in [6.45, 7) is 2.27. The van der Waals surface area contributed by atoms with E-state index < -0.39 is 10.0 Å². The molecule has 1 aliphatic heterocycles. The molecule has 3 heterocycles. The molecule has 0 amide bonds. The van der Waals surface area contributed by atoms with E-state index >= 15 is 0 Å². The molecule has 0 radical (unpaired) electrons. The number of methoxy groups -OCH3 is 2. The number of nitrogens with one attached hydrogen (secondary N) is 3. The molecule has 4 rings (SSSR count). The molecule has 1 aliphatic rings. The Morgan fingerprint density at radius 3 is 2.76 bits per heavy atom. The number of sulfonamides is 1. The summed E-state index contributed by atoms with van der Waals surface area (Å²) in [5, 5.41) is 16.2. The normalized spacial score (nSPS) is 14.6. The van der Waals surface area contributed by atoms with Gasteiger partial charge in [-0.2, -0.15) is 19.5 Å². The van der Waals surface area contributed by atoms with E-state index in [1.54, 1.807) is 19.4 Å². The zero-order valence-electron chi connectivity index (χ0n) is 18.8. The van der Waals surface area contributed by atoms with Crippen LogP contribution in [0.3, 0.4) is 0 Å². The third-order valence-electron chi connectivity index (χ3n) is 5.28. The van der Waals surface area contributed by atoms with Gasteiger partial charge in [0.2, 0.25) is 16.0 Å². The fourth-order valence-electron chi connectivity index (χ4n) is 3.57. The molecular formula is C21H25N7O5S. The van der Waals surface area contributed by atoms with Gasteiger partial charge < -0.3 is 29.8 Å². The maximum absolute atomic E-state index is 13.0. The number of H-pyrrole nitrogens is 1. The van der Waals surface area contributed by atoms with Crippen LogP contribution < -0.4 is 15.4 Å². The minimum absolute atomic E-state index is 0.123. The zero-order chi connectivity index (χ0) is 24.1. The third-order valence-corrected chi connectivity index (χ3v) is 7.17. The lowest BCUT2D eigenvalue weighted by Crippen LogP contribution is -2.40. The maximum atomic E-state index is 13.0. The first-order valence-corrected chi connectivity index (χ1v) is 12.0. The van der Waals surface area contributed by atoms with E-state index in [1.807, 2.05) is 0 Å². The Labute approximate surface area is 196 Å². The first kappa shape index (κ1) is 23.7. The summed E-state index contributed by atoms with van der Waals surface area (Å²) in [4.78, 5) is 12.1. The Hall–Kier alpha value is -3.44. The second kappa shape index (κ2) is 10.2. The lowest BCUT2D eigenvalue weighted by atomic mass is 10.2. The first-order chi connectivity index (χ1) is 16.5. The maximum Gasteiger partial charge on any atom is 0.243 e. The fraction of sp³-hybridized carbons (Fsp3) is 0.381. The smallest absolute Gasteiger partial charge is 0.243 e. The molecule has 180 valence electrons. The van der Waals surface area contributed by atoms with E-state index in [9.17, 15) is 13.7 Å². The highest BCUT2D eigenvalue weighted by Gasteiger charge is 2.27. The summed E-state index contributed by atoms with van der Waals surface area (Å²) in [6.07, 6.45) is 1.57. The number of fused-ring (bicyclic) bond motifs is 1. The van der Waals surface area contributed by atoms with Crippen LogP contribution in [0.25, 0.3) is 11.0 Å². The number of nitrogens with zero attached hydrogens (tertiary/aromatic N) is 4. The van der Waals surface area contributed by atoms with Gasteiger partial charge >= 0.3 is 0 Å². The summed E-state index contributed by atoms with van der Waals surface area (Å²) in [5.74, 6) is 1.02. The van der Waals surface area contributed by atoms with Crippen molar-refractivity contribution >= 4 is 38.5 Å². The van der Waals surface area contributed by atoms with Crippen LogP contribution in [0.5, 0.6) is 5.75 Å². The van der Waals surface area contributed by atoms with Crippen molar-refractivity contribution in [3.63, 3.8) is 0 Å². The number of rotatable bonds is 9. The lowest BCUT2D eigenvalue weighted by Gasteiger charge is -2.26. The number of aromatic nitrogens is 3. The van der Waals surface area contributed by atoms with Crippen LogP contribution in [0, 0.1) is 11.3 Å². The summed E-state index contributed by atoms with van der Waals surface area (Å²) >= 11 is 0. The van der Waals surface area contributed by atoms with E-state index in [1.165, 1.54) is 23.5 Å². The Balaban J connectivity index is 1.65. The van der Waals surface area contributed by atoms with Crippen LogP contribution in [0.1, 0.15) is 5.56 Å². The minimum Gasteiger partial charge on any atom is -0.495 e. The largest absolute Gasteiger partial charge is 0.495 e.